The van der Waals surface area contributed by atoms with Crippen molar-refractivity contribution in [1.29, 1.82) is 0 Å². The van der Waals surface area contributed by atoms with Gasteiger partial charge in [0.2, 0.25) is 5.89 Å². The molecular formula is C15H25N3O3. The molecule has 1 aromatic rings. The van der Waals surface area contributed by atoms with Crippen LogP contribution >= 0.6 is 0 Å². The van der Waals surface area contributed by atoms with Crippen LogP contribution in [0.15, 0.2) is 4.52 Å². The third-order valence-electron chi connectivity index (χ3n) is 4.81. The van der Waals surface area contributed by atoms with Gasteiger partial charge >= 0.3 is 0 Å². The topological polar surface area (TPSA) is 82.6 Å². The van der Waals surface area contributed by atoms with Crippen LogP contribution in [0, 0.1) is 5.41 Å². The summed E-state index contributed by atoms with van der Waals surface area (Å²) in [6, 6.07) is 0. The number of aromatic nitrogens is 2. The molecule has 0 unspecified atom stereocenters. The standard InChI is InChI=1S/C15H25N3O3/c1-2-6-15(10-19)9-18(7-5-12(15)20)8-13-16-14(17-21-13)11-3-4-11/h11-12,19-20H,2-10H2,1H3/t12-,15-/m0/s1. The summed E-state index contributed by atoms with van der Waals surface area (Å²) in [6.45, 7) is 4.20. The van der Waals surface area contributed by atoms with E-state index < -0.39 is 11.5 Å². The Bertz CT molecular complexity index is 474. The summed E-state index contributed by atoms with van der Waals surface area (Å²) in [6.07, 6.45) is 4.38. The van der Waals surface area contributed by atoms with E-state index in [1.54, 1.807) is 0 Å². The van der Waals surface area contributed by atoms with E-state index in [9.17, 15) is 10.2 Å². The van der Waals surface area contributed by atoms with Gasteiger partial charge < -0.3 is 14.7 Å². The molecule has 2 N–H and O–H groups in total. The molecule has 1 aliphatic heterocycles. The molecule has 21 heavy (non-hydrogen) atoms. The van der Waals surface area contributed by atoms with Crippen LogP contribution < -0.4 is 0 Å². The van der Waals surface area contributed by atoms with Crippen molar-refractivity contribution in [1.82, 2.24) is 15.0 Å². The van der Waals surface area contributed by atoms with Gasteiger partial charge in [0.05, 0.1) is 19.3 Å². The van der Waals surface area contributed by atoms with Crippen LogP contribution in [0.3, 0.4) is 0 Å². The van der Waals surface area contributed by atoms with E-state index in [0.29, 0.717) is 31.3 Å². The second-order valence-electron chi connectivity index (χ2n) is 6.61. The predicted molar refractivity (Wildman–Crippen MR) is 76.6 cm³/mol. The molecule has 2 heterocycles. The third-order valence-corrected chi connectivity index (χ3v) is 4.81. The number of piperidine rings is 1. The number of aliphatic hydroxyl groups excluding tert-OH is 2. The Hall–Kier alpha value is -0.980. The van der Waals surface area contributed by atoms with Crippen molar-refractivity contribution >= 4 is 0 Å². The minimum atomic E-state index is -0.427. The maximum absolute atomic E-state index is 10.3. The van der Waals surface area contributed by atoms with Crippen LogP contribution in [-0.4, -0.2) is 51.1 Å². The van der Waals surface area contributed by atoms with Gasteiger partial charge in [0.1, 0.15) is 0 Å². The first-order valence-electron chi connectivity index (χ1n) is 8.00. The Morgan fingerprint density at radius 3 is 2.86 bits per heavy atom. The van der Waals surface area contributed by atoms with E-state index in [1.165, 1.54) is 12.8 Å². The van der Waals surface area contributed by atoms with Crippen molar-refractivity contribution in [3.63, 3.8) is 0 Å². The van der Waals surface area contributed by atoms with Gasteiger partial charge in [-0.25, -0.2) is 0 Å². The SMILES string of the molecule is CCC[C@@]1(CO)CN(Cc2nc(C3CC3)no2)CC[C@@H]1O. The fourth-order valence-electron chi connectivity index (χ4n) is 3.38. The van der Waals surface area contributed by atoms with Gasteiger partial charge in [-0.2, -0.15) is 4.98 Å². The summed E-state index contributed by atoms with van der Waals surface area (Å²) < 4.78 is 5.33. The Labute approximate surface area is 125 Å². The minimum absolute atomic E-state index is 0.0235. The number of hydrogen-bond acceptors (Lipinski definition) is 6. The van der Waals surface area contributed by atoms with Crippen LogP contribution in [-0.2, 0) is 6.54 Å². The number of aliphatic hydroxyl groups is 2. The van der Waals surface area contributed by atoms with Gasteiger partial charge in [0, 0.05) is 24.4 Å². The Kier molecular flexibility index (Phi) is 4.28. The fraction of sp³-hybridized carbons (Fsp3) is 0.867. The van der Waals surface area contributed by atoms with Gasteiger partial charge in [-0.15, -0.1) is 0 Å². The van der Waals surface area contributed by atoms with Crippen LogP contribution in [0.5, 0.6) is 0 Å². The average Bonchev–Trinajstić information content (AvgIpc) is 3.23. The van der Waals surface area contributed by atoms with Gasteiger partial charge in [0.25, 0.3) is 0 Å². The Morgan fingerprint density at radius 1 is 1.38 bits per heavy atom. The lowest BCUT2D eigenvalue weighted by Gasteiger charge is -2.45. The number of nitrogens with zero attached hydrogens (tertiary/aromatic N) is 3. The van der Waals surface area contributed by atoms with E-state index in [2.05, 4.69) is 22.0 Å². The summed E-state index contributed by atoms with van der Waals surface area (Å²) in [7, 11) is 0. The maximum Gasteiger partial charge on any atom is 0.240 e. The van der Waals surface area contributed by atoms with Crippen molar-refractivity contribution in [2.24, 2.45) is 5.41 Å². The molecule has 0 aromatic carbocycles. The number of rotatable bonds is 6. The molecule has 1 saturated carbocycles. The predicted octanol–water partition coefficient (Wildman–Crippen LogP) is 1.29. The second-order valence-corrected chi connectivity index (χ2v) is 6.61. The van der Waals surface area contributed by atoms with Gasteiger partial charge in [-0.3, -0.25) is 4.90 Å². The van der Waals surface area contributed by atoms with Crippen LogP contribution in [0.2, 0.25) is 0 Å². The zero-order valence-corrected chi connectivity index (χ0v) is 12.7. The molecule has 118 valence electrons. The lowest BCUT2D eigenvalue weighted by atomic mass is 9.74. The van der Waals surface area contributed by atoms with Gasteiger partial charge in [-0.1, -0.05) is 18.5 Å². The second kappa shape index (κ2) is 6.02. The van der Waals surface area contributed by atoms with Crippen LogP contribution in [0.25, 0.3) is 0 Å². The summed E-state index contributed by atoms with van der Waals surface area (Å²) in [4.78, 5) is 6.67. The highest BCUT2D eigenvalue weighted by atomic mass is 16.5. The molecule has 6 heteroatoms. The number of likely N-dealkylation sites (tertiary alicyclic amines) is 1. The van der Waals surface area contributed by atoms with Crippen molar-refractivity contribution < 1.29 is 14.7 Å². The molecule has 2 atom stereocenters. The Balaban J connectivity index is 1.64. The van der Waals surface area contributed by atoms with Crippen molar-refractivity contribution in [2.75, 3.05) is 19.7 Å². The van der Waals surface area contributed by atoms with Gasteiger partial charge in [0.15, 0.2) is 5.82 Å². The van der Waals surface area contributed by atoms with Crippen molar-refractivity contribution in [2.45, 2.75) is 57.6 Å². The summed E-state index contributed by atoms with van der Waals surface area (Å²) in [5.41, 5.74) is -0.410. The van der Waals surface area contributed by atoms with Crippen LogP contribution in [0.1, 0.15) is 56.7 Å². The van der Waals surface area contributed by atoms with Crippen molar-refractivity contribution in [3.05, 3.63) is 11.7 Å². The molecule has 0 bridgehead atoms. The fourth-order valence-corrected chi connectivity index (χ4v) is 3.38. The molecule has 2 fully saturated rings. The first kappa shape index (κ1) is 14.9. The van der Waals surface area contributed by atoms with E-state index in [1.807, 2.05) is 0 Å². The van der Waals surface area contributed by atoms with Crippen LogP contribution in [0.4, 0.5) is 0 Å². The molecule has 2 aliphatic rings. The first-order valence-corrected chi connectivity index (χ1v) is 8.00. The third kappa shape index (κ3) is 3.12. The lowest BCUT2D eigenvalue weighted by Crippen LogP contribution is -2.53. The molecule has 6 nitrogen and oxygen atoms in total. The number of hydrogen-bond donors (Lipinski definition) is 2. The molecule has 1 aromatic heterocycles. The minimum Gasteiger partial charge on any atom is -0.396 e. The summed E-state index contributed by atoms with van der Waals surface area (Å²) >= 11 is 0. The molecule has 0 amide bonds. The van der Waals surface area contributed by atoms with E-state index >= 15 is 0 Å². The highest BCUT2D eigenvalue weighted by Gasteiger charge is 2.42. The monoisotopic (exact) mass is 295 g/mol. The average molecular weight is 295 g/mol. The largest absolute Gasteiger partial charge is 0.396 e. The van der Waals surface area contributed by atoms with E-state index in [-0.39, 0.29) is 6.61 Å². The summed E-state index contributed by atoms with van der Waals surface area (Å²) in [5.74, 6) is 1.99. The zero-order valence-electron chi connectivity index (χ0n) is 12.7. The van der Waals surface area contributed by atoms with E-state index in [4.69, 9.17) is 4.52 Å². The highest BCUT2D eigenvalue weighted by Crippen LogP contribution is 2.38. The van der Waals surface area contributed by atoms with E-state index in [0.717, 1.165) is 25.2 Å². The highest BCUT2D eigenvalue weighted by molar-refractivity contribution is 5.03. The molecule has 1 saturated heterocycles. The van der Waals surface area contributed by atoms with Crippen molar-refractivity contribution in [3.8, 4) is 0 Å². The normalized spacial score (nSPS) is 30.7. The molecule has 0 spiro atoms. The zero-order chi connectivity index (χ0) is 14.9. The molecular weight excluding hydrogens is 270 g/mol. The first-order chi connectivity index (χ1) is 10.2. The molecule has 3 rings (SSSR count). The summed E-state index contributed by atoms with van der Waals surface area (Å²) in [5, 5.41) is 24.1. The molecule has 0 radical (unpaired) electrons. The Morgan fingerprint density at radius 2 is 2.19 bits per heavy atom. The molecule has 1 aliphatic carbocycles. The lowest BCUT2D eigenvalue weighted by molar-refractivity contribution is -0.0835. The quantitative estimate of drug-likeness (QED) is 0.823. The maximum atomic E-state index is 10.3. The smallest absolute Gasteiger partial charge is 0.240 e. The van der Waals surface area contributed by atoms with Gasteiger partial charge in [-0.05, 0) is 25.7 Å².